The number of hydrogen-bond donors (Lipinski definition) is 2. The number of aromatic nitrogens is 2. The quantitative estimate of drug-likeness (QED) is 0.551. The molecule has 1 aromatic carbocycles. The number of ether oxygens (including phenoxy) is 1. The first kappa shape index (κ1) is 20.2. The number of nitrogens with one attached hydrogen (secondary N) is 2. The van der Waals surface area contributed by atoms with Crippen LogP contribution < -0.4 is 20.3 Å². The molecule has 30 heavy (non-hydrogen) atoms. The van der Waals surface area contributed by atoms with Crippen molar-refractivity contribution < 1.29 is 9.15 Å². The average molecular weight is 424 g/mol. The molecule has 0 aliphatic carbocycles. The van der Waals surface area contributed by atoms with Crippen LogP contribution in [0.1, 0.15) is 31.4 Å². The second kappa shape index (κ2) is 10.1. The Bertz CT molecular complexity index is 941. The van der Waals surface area contributed by atoms with E-state index in [2.05, 4.69) is 20.5 Å². The third-order valence-corrected chi connectivity index (χ3v) is 5.06. The van der Waals surface area contributed by atoms with Gasteiger partial charge >= 0.3 is 0 Å². The van der Waals surface area contributed by atoms with E-state index >= 15 is 0 Å². The van der Waals surface area contributed by atoms with Gasteiger partial charge in [-0.25, -0.2) is 0 Å². The fourth-order valence-corrected chi connectivity index (χ4v) is 3.48. The highest BCUT2D eigenvalue weighted by atomic mass is 32.1. The summed E-state index contributed by atoms with van der Waals surface area (Å²) in [5, 5.41) is 6.60. The molecule has 1 aliphatic rings. The van der Waals surface area contributed by atoms with E-state index in [-0.39, 0.29) is 0 Å². The minimum atomic E-state index is 0.402. The van der Waals surface area contributed by atoms with Crippen LogP contribution in [-0.4, -0.2) is 28.2 Å². The average Bonchev–Trinajstić information content (AvgIpc) is 3.13. The predicted molar refractivity (Wildman–Crippen MR) is 121 cm³/mol. The molecule has 1 aliphatic heterocycles. The van der Waals surface area contributed by atoms with Crippen molar-refractivity contribution in [2.45, 2.75) is 32.2 Å². The van der Waals surface area contributed by atoms with E-state index in [0.29, 0.717) is 23.5 Å². The lowest BCUT2D eigenvalue weighted by molar-refractivity contribution is 0.462. The lowest BCUT2D eigenvalue weighted by Gasteiger charge is -2.22. The molecule has 0 spiro atoms. The van der Waals surface area contributed by atoms with Crippen molar-refractivity contribution in [3.63, 3.8) is 0 Å². The molecular formula is C22H25N5O2S. The fraction of sp³-hybridized carbons (Fsp3) is 0.318. The van der Waals surface area contributed by atoms with Crippen LogP contribution in [0.25, 0.3) is 0 Å². The van der Waals surface area contributed by atoms with Crippen LogP contribution in [0.3, 0.4) is 0 Å². The molecule has 1 fully saturated rings. The van der Waals surface area contributed by atoms with Gasteiger partial charge < -0.3 is 24.7 Å². The van der Waals surface area contributed by atoms with Crippen molar-refractivity contribution in [1.29, 1.82) is 0 Å². The predicted octanol–water partition coefficient (Wildman–Crippen LogP) is 4.73. The summed E-state index contributed by atoms with van der Waals surface area (Å²) >= 11 is 5.41. The number of rotatable bonds is 6. The Morgan fingerprint density at radius 2 is 1.83 bits per heavy atom. The Balaban J connectivity index is 1.52. The van der Waals surface area contributed by atoms with Gasteiger partial charge in [0.25, 0.3) is 0 Å². The highest BCUT2D eigenvalue weighted by molar-refractivity contribution is 7.80. The monoisotopic (exact) mass is 423 g/mol. The molecule has 0 atom stereocenters. The number of hydrogen-bond acceptors (Lipinski definition) is 6. The second-order valence-electron chi connectivity index (χ2n) is 7.09. The molecule has 3 heterocycles. The van der Waals surface area contributed by atoms with Crippen LogP contribution in [0.2, 0.25) is 0 Å². The fourth-order valence-electron chi connectivity index (χ4n) is 3.32. The van der Waals surface area contributed by atoms with Crippen molar-refractivity contribution in [3.05, 3.63) is 60.6 Å². The third-order valence-electron chi connectivity index (χ3n) is 4.81. The Hall–Kier alpha value is -3.13. The van der Waals surface area contributed by atoms with E-state index in [4.69, 9.17) is 26.4 Å². The van der Waals surface area contributed by atoms with Gasteiger partial charge in [-0.3, -0.25) is 0 Å². The molecule has 0 amide bonds. The van der Waals surface area contributed by atoms with E-state index in [1.165, 1.54) is 12.8 Å². The summed E-state index contributed by atoms with van der Waals surface area (Å²) in [6.45, 7) is 2.43. The number of furan rings is 1. The summed E-state index contributed by atoms with van der Waals surface area (Å²) in [4.78, 5) is 11.5. The summed E-state index contributed by atoms with van der Waals surface area (Å²) < 4.78 is 11.3. The van der Waals surface area contributed by atoms with Crippen LogP contribution in [-0.2, 0) is 6.54 Å². The summed E-state index contributed by atoms with van der Waals surface area (Å²) in [6, 6.07) is 15.2. The van der Waals surface area contributed by atoms with Crippen molar-refractivity contribution in [3.8, 4) is 11.6 Å². The topological polar surface area (TPSA) is 75.5 Å². The number of para-hydroxylation sites is 1. The van der Waals surface area contributed by atoms with E-state index in [1.807, 2.05) is 48.5 Å². The maximum atomic E-state index is 5.99. The van der Waals surface area contributed by atoms with E-state index < -0.39 is 0 Å². The van der Waals surface area contributed by atoms with Gasteiger partial charge in [0.2, 0.25) is 11.8 Å². The van der Waals surface area contributed by atoms with Crippen molar-refractivity contribution in [1.82, 2.24) is 15.3 Å². The standard InChI is InChI=1S/C22H25N5O2S/c30-22(23-16-18-11-8-14-28-18)26-21-24-19(27-12-6-1-2-7-13-27)15-20(25-21)29-17-9-4-3-5-10-17/h3-5,8-11,14-15H,1-2,6-7,12-13,16H2,(H2,23,24,25,26,30). The van der Waals surface area contributed by atoms with Gasteiger partial charge in [-0.05, 0) is 49.3 Å². The molecule has 8 heteroatoms. The molecular weight excluding hydrogens is 398 g/mol. The van der Waals surface area contributed by atoms with E-state index in [1.54, 1.807) is 6.26 Å². The lowest BCUT2D eigenvalue weighted by atomic mass is 10.2. The van der Waals surface area contributed by atoms with Crippen LogP contribution in [0, 0.1) is 0 Å². The first-order chi connectivity index (χ1) is 14.8. The molecule has 2 N–H and O–H groups in total. The van der Waals surface area contributed by atoms with Crippen LogP contribution in [0.4, 0.5) is 11.8 Å². The van der Waals surface area contributed by atoms with Crippen LogP contribution in [0.5, 0.6) is 11.6 Å². The normalized spacial score (nSPS) is 14.1. The van der Waals surface area contributed by atoms with Crippen molar-refractivity contribution in [2.24, 2.45) is 0 Å². The summed E-state index contributed by atoms with van der Waals surface area (Å²) in [7, 11) is 0. The van der Waals surface area contributed by atoms with Crippen molar-refractivity contribution in [2.75, 3.05) is 23.3 Å². The summed E-state index contributed by atoms with van der Waals surface area (Å²) in [5.41, 5.74) is 0. The smallest absolute Gasteiger partial charge is 0.234 e. The Labute approximate surface area is 181 Å². The third kappa shape index (κ3) is 5.70. The maximum absolute atomic E-state index is 5.99. The maximum Gasteiger partial charge on any atom is 0.234 e. The zero-order valence-corrected chi connectivity index (χ0v) is 17.5. The largest absolute Gasteiger partial charge is 0.467 e. The molecule has 0 radical (unpaired) electrons. The lowest BCUT2D eigenvalue weighted by Crippen LogP contribution is -2.29. The van der Waals surface area contributed by atoms with Crippen LogP contribution >= 0.6 is 12.2 Å². The first-order valence-electron chi connectivity index (χ1n) is 10.2. The van der Waals surface area contributed by atoms with E-state index in [9.17, 15) is 0 Å². The first-order valence-corrected chi connectivity index (χ1v) is 10.6. The minimum absolute atomic E-state index is 0.402. The Kier molecular flexibility index (Phi) is 6.76. The Morgan fingerprint density at radius 1 is 1.03 bits per heavy atom. The molecule has 4 rings (SSSR count). The highest BCUT2D eigenvalue weighted by Gasteiger charge is 2.15. The zero-order valence-electron chi connectivity index (χ0n) is 16.7. The molecule has 3 aromatic rings. The van der Waals surface area contributed by atoms with Gasteiger partial charge in [0.15, 0.2) is 5.11 Å². The summed E-state index contributed by atoms with van der Waals surface area (Å²) in [5.74, 6) is 3.24. The number of thiocarbonyl (C=S) groups is 1. The molecule has 0 unspecified atom stereocenters. The molecule has 0 bridgehead atoms. The van der Waals surface area contributed by atoms with Crippen molar-refractivity contribution >= 4 is 29.1 Å². The molecule has 0 saturated carbocycles. The van der Waals surface area contributed by atoms with Gasteiger partial charge in [-0.2, -0.15) is 9.97 Å². The SMILES string of the molecule is S=C(NCc1ccco1)Nc1nc(Oc2ccccc2)cc(N2CCCCCC2)n1. The highest BCUT2D eigenvalue weighted by Crippen LogP contribution is 2.26. The second-order valence-corrected chi connectivity index (χ2v) is 7.50. The summed E-state index contributed by atoms with van der Waals surface area (Å²) in [6.07, 6.45) is 6.45. The molecule has 2 aromatic heterocycles. The van der Waals surface area contributed by atoms with Crippen LogP contribution in [0.15, 0.2) is 59.2 Å². The number of anilines is 2. The van der Waals surface area contributed by atoms with E-state index in [0.717, 1.165) is 43.3 Å². The molecule has 7 nitrogen and oxygen atoms in total. The minimum Gasteiger partial charge on any atom is -0.467 e. The molecule has 1 saturated heterocycles. The van der Waals surface area contributed by atoms with Gasteiger partial charge in [-0.1, -0.05) is 31.0 Å². The Morgan fingerprint density at radius 3 is 2.57 bits per heavy atom. The number of benzene rings is 1. The van der Waals surface area contributed by atoms with Gasteiger partial charge in [0.1, 0.15) is 17.3 Å². The molecule has 156 valence electrons. The van der Waals surface area contributed by atoms with Gasteiger partial charge in [0, 0.05) is 19.2 Å². The van der Waals surface area contributed by atoms with Gasteiger partial charge in [0.05, 0.1) is 12.8 Å². The zero-order chi connectivity index (χ0) is 20.6. The number of nitrogens with zero attached hydrogens (tertiary/aromatic N) is 3. The van der Waals surface area contributed by atoms with Gasteiger partial charge in [-0.15, -0.1) is 0 Å².